The predicted molar refractivity (Wildman–Crippen MR) is 91.0 cm³/mol. The SMILES string of the molecule is C=CC(=N/C=C(\C)C[C@H](NC)C(C)=O)C1=C(C(F)(F)F)C=CCC1. The van der Waals surface area contributed by atoms with Crippen LogP contribution in [0.4, 0.5) is 13.2 Å². The fourth-order valence-corrected chi connectivity index (χ4v) is 2.45. The van der Waals surface area contributed by atoms with Crippen molar-refractivity contribution in [3.8, 4) is 0 Å². The fourth-order valence-electron chi connectivity index (χ4n) is 2.45. The number of aliphatic imine (C=N–C) groups is 1. The van der Waals surface area contributed by atoms with Gasteiger partial charge in [-0.05, 0) is 51.8 Å². The molecule has 6 heteroatoms. The Hall–Kier alpha value is -1.95. The van der Waals surface area contributed by atoms with Crippen LogP contribution in [0.3, 0.4) is 0 Å². The molecule has 0 aromatic rings. The molecule has 0 fully saturated rings. The molecule has 0 aromatic carbocycles. The van der Waals surface area contributed by atoms with Gasteiger partial charge in [-0.2, -0.15) is 13.2 Å². The molecule has 0 heterocycles. The van der Waals surface area contributed by atoms with Crippen LogP contribution in [0, 0.1) is 0 Å². The van der Waals surface area contributed by atoms with Crippen molar-refractivity contribution in [3.63, 3.8) is 0 Å². The number of hydrogen-bond acceptors (Lipinski definition) is 3. The van der Waals surface area contributed by atoms with E-state index in [1.165, 1.54) is 25.3 Å². The van der Waals surface area contributed by atoms with E-state index >= 15 is 0 Å². The summed E-state index contributed by atoms with van der Waals surface area (Å²) < 4.78 is 39.4. The summed E-state index contributed by atoms with van der Waals surface area (Å²) in [6, 6.07) is -0.328. The maximum Gasteiger partial charge on any atom is 0.416 e. The molecule has 1 N–H and O–H groups in total. The standard InChI is InChI=1S/C18H23F3N2O/c1-5-16(14-8-6-7-9-15(14)18(19,20)21)23-11-12(2)10-17(22-4)13(3)24/h5,7,9,11,17,22H,1,6,8,10H2,2-4H3/b12-11+,23-16?/t17-/m0/s1. The van der Waals surface area contributed by atoms with Gasteiger partial charge in [-0.25, -0.2) is 0 Å². The van der Waals surface area contributed by atoms with Gasteiger partial charge in [0.05, 0.1) is 17.3 Å². The smallest absolute Gasteiger partial charge is 0.310 e. The van der Waals surface area contributed by atoms with E-state index in [4.69, 9.17) is 0 Å². The third-order valence-electron chi connectivity index (χ3n) is 3.77. The largest absolute Gasteiger partial charge is 0.416 e. The summed E-state index contributed by atoms with van der Waals surface area (Å²) in [4.78, 5) is 15.6. The van der Waals surface area contributed by atoms with Gasteiger partial charge in [0.1, 0.15) is 5.78 Å². The third kappa shape index (κ3) is 5.60. The molecule has 0 saturated carbocycles. The van der Waals surface area contributed by atoms with Gasteiger partial charge in [-0.15, -0.1) is 0 Å². The topological polar surface area (TPSA) is 41.5 Å². The average molecular weight is 340 g/mol. The Morgan fingerprint density at radius 2 is 2.12 bits per heavy atom. The molecule has 0 amide bonds. The highest BCUT2D eigenvalue weighted by Gasteiger charge is 2.36. The van der Waals surface area contributed by atoms with E-state index in [-0.39, 0.29) is 29.5 Å². The summed E-state index contributed by atoms with van der Waals surface area (Å²) in [5, 5.41) is 2.90. The number of rotatable bonds is 7. The van der Waals surface area contributed by atoms with Gasteiger partial charge in [-0.1, -0.05) is 24.3 Å². The minimum Gasteiger partial charge on any atom is -0.310 e. The molecule has 3 nitrogen and oxygen atoms in total. The fraction of sp³-hybridized carbons (Fsp3) is 0.444. The molecule has 0 bridgehead atoms. The molecule has 0 radical (unpaired) electrons. The van der Waals surface area contributed by atoms with Gasteiger partial charge < -0.3 is 5.32 Å². The van der Waals surface area contributed by atoms with Crippen molar-refractivity contribution in [1.82, 2.24) is 5.32 Å². The summed E-state index contributed by atoms with van der Waals surface area (Å²) in [6.45, 7) is 6.86. The highest BCUT2D eigenvalue weighted by atomic mass is 19.4. The number of hydrogen-bond donors (Lipinski definition) is 1. The molecule has 0 aromatic heterocycles. The van der Waals surface area contributed by atoms with Crippen LogP contribution in [-0.2, 0) is 4.79 Å². The molecule has 1 aliphatic carbocycles. The molecule has 132 valence electrons. The Labute approximate surface area is 140 Å². The molecule has 24 heavy (non-hydrogen) atoms. The van der Waals surface area contributed by atoms with Crippen LogP contribution in [0.1, 0.15) is 33.1 Å². The zero-order valence-corrected chi connectivity index (χ0v) is 14.2. The van der Waals surface area contributed by atoms with Gasteiger partial charge in [0.25, 0.3) is 0 Å². The van der Waals surface area contributed by atoms with Crippen molar-refractivity contribution in [2.45, 2.75) is 45.3 Å². The van der Waals surface area contributed by atoms with Crippen LogP contribution >= 0.6 is 0 Å². The first kappa shape index (κ1) is 20.1. The Kier molecular flexibility index (Phi) is 7.35. The van der Waals surface area contributed by atoms with E-state index in [0.29, 0.717) is 12.8 Å². The van der Waals surface area contributed by atoms with Gasteiger partial charge in [0.15, 0.2) is 0 Å². The second-order valence-corrected chi connectivity index (χ2v) is 5.68. The number of allylic oxidation sites excluding steroid dienone is 5. The lowest BCUT2D eigenvalue weighted by atomic mass is 9.93. The maximum atomic E-state index is 13.1. The Morgan fingerprint density at radius 1 is 1.46 bits per heavy atom. The number of alkyl halides is 3. The quantitative estimate of drug-likeness (QED) is 0.702. The van der Waals surface area contributed by atoms with E-state index in [1.807, 2.05) is 0 Å². The highest BCUT2D eigenvalue weighted by Crippen LogP contribution is 2.34. The predicted octanol–water partition coefficient (Wildman–Crippen LogP) is 4.29. The van der Waals surface area contributed by atoms with Gasteiger partial charge >= 0.3 is 6.18 Å². The van der Waals surface area contributed by atoms with Gasteiger partial charge in [0, 0.05) is 6.20 Å². The number of nitrogens with one attached hydrogen (secondary N) is 1. The van der Waals surface area contributed by atoms with Crippen LogP contribution in [0.15, 0.2) is 52.7 Å². The van der Waals surface area contributed by atoms with Crippen molar-refractivity contribution in [1.29, 1.82) is 0 Å². The van der Waals surface area contributed by atoms with Gasteiger partial charge in [0.2, 0.25) is 0 Å². The first-order chi connectivity index (χ1) is 11.2. The molecule has 0 aliphatic heterocycles. The molecule has 1 aliphatic rings. The van der Waals surface area contributed by atoms with Crippen LogP contribution in [0.5, 0.6) is 0 Å². The zero-order chi connectivity index (χ0) is 18.3. The molecular weight excluding hydrogens is 317 g/mol. The maximum absolute atomic E-state index is 13.1. The second-order valence-electron chi connectivity index (χ2n) is 5.68. The highest BCUT2D eigenvalue weighted by molar-refractivity contribution is 6.09. The molecule has 0 spiro atoms. The number of likely N-dealkylation sites (N-methyl/N-ethyl adjacent to an activating group) is 1. The number of carbonyl (C=O) groups excluding carboxylic acids is 1. The summed E-state index contributed by atoms with van der Waals surface area (Å²) in [6.07, 6.45) is 2.30. The zero-order valence-electron chi connectivity index (χ0n) is 14.2. The first-order valence-corrected chi connectivity index (χ1v) is 7.71. The number of carbonyl (C=O) groups is 1. The van der Waals surface area contributed by atoms with E-state index < -0.39 is 11.7 Å². The van der Waals surface area contributed by atoms with Crippen molar-refractivity contribution in [2.75, 3.05) is 7.05 Å². The van der Waals surface area contributed by atoms with Crippen molar-refractivity contribution in [2.24, 2.45) is 4.99 Å². The summed E-state index contributed by atoms with van der Waals surface area (Å²) in [5.74, 6) is -0.00217. The number of halogens is 3. The Morgan fingerprint density at radius 3 is 2.62 bits per heavy atom. The lowest BCUT2D eigenvalue weighted by Crippen LogP contribution is -2.32. The lowest BCUT2D eigenvalue weighted by molar-refractivity contribution is -0.118. The van der Waals surface area contributed by atoms with Crippen molar-refractivity contribution < 1.29 is 18.0 Å². The Balaban J connectivity index is 3.11. The monoisotopic (exact) mass is 340 g/mol. The third-order valence-corrected chi connectivity index (χ3v) is 3.77. The van der Waals surface area contributed by atoms with E-state index in [2.05, 4.69) is 16.9 Å². The van der Waals surface area contributed by atoms with Crippen molar-refractivity contribution >= 4 is 11.5 Å². The number of Topliss-reactive ketones (excluding diaryl/α,β-unsaturated/α-hetero) is 1. The molecule has 0 saturated heterocycles. The average Bonchev–Trinajstić information content (AvgIpc) is 2.52. The van der Waals surface area contributed by atoms with Crippen LogP contribution in [-0.4, -0.2) is 30.8 Å². The molecule has 1 rings (SSSR count). The minimum atomic E-state index is -4.42. The second kappa shape index (κ2) is 8.78. The van der Waals surface area contributed by atoms with Crippen LogP contribution in [0.2, 0.25) is 0 Å². The van der Waals surface area contributed by atoms with Gasteiger partial charge in [-0.3, -0.25) is 9.79 Å². The van der Waals surface area contributed by atoms with E-state index in [1.54, 1.807) is 14.0 Å². The lowest BCUT2D eigenvalue weighted by Gasteiger charge is -2.18. The van der Waals surface area contributed by atoms with Crippen LogP contribution in [0.25, 0.3) is 0 Å². The summed E-state index contributed by atoms with van der Waals surface area (Å²) in [7, 11) is 1.69. The molecule has 0 unspecified atom stereocenters. The normalized spacial score (nSPS) is 17.9. The summed E-state index contributed by atoms with van der Waals surface area (Å²) in [5.41, 5.74) is 0.496. The number of ketones is 1. The van der Waals surface area contributed by atoms with Crippen molar-refractivity contribution in [3.05, 3.63) is 47.7 Å². The van der Waals surface area contributed by atoms with E-state index in [0.717, 1.165) is 11.6 Å². The summed E-state index contributed by atoms with van der Waals surface area (Å²) >= 11 is 0. The minimum absolute atomic E-state index is 0.00217. The molecule has 1 atom stereocenters. The molecular formula is C18H23F3N2O. The first-order valence-electron chi connectivity index (χ1n) is 7.71. The van der Waals surface area contributed by atoms with E-state index in [9.17, 15) is 18.0 Å². The number of nitrogens with zero attached hydrogens (tertiary/aromatic N) is 1. The Bertz CT molecular complexity index is 610. The van der Waals surface area contributed by atoms with Crippen LogP contribution < -0.4 is 5.32 Å².